The van der Waals surface area contributed by atoms with Gasteiger partial charge in [0.05, 0.1) is 12.3 Å². The van der Waals surface area contributed by atoms with Crippen LogP contribution in [0.3, 0.4) is 0 Å². The maximum atomic E-state index is 11.7. The molecule has 4 nitrogen and oxygen atoms in total. The lowest BCUT2D eigenvalue weighted by Crippen LogP contribution is -2.75. The van der Waals surface area contributed by atoms with E-state index >= 15 is 0 Å². The van der Waals surface area contributed by atoms with Crippen molar-refractivity contribution in [3.63, 3.8) is 0 Å². The third kappa shape index (κ3) is 5.00. The highest BCUT2D eigenvalue weighted by atomic mass is 16.3. The Morgan fingerprint density at radius 3 is 2.41 bits per heavy atom. The molecule has 0 saturated heterocycles. The van der Waals surface area contributed by atoms with E-state index in [9.17, 15) is 9.90 Å². The molecule has 3 N–H and O–H groups in total. The van der Waals surface area contributed by atoms with Crippen LogP contribution in [0.5, 0.6) is 0 Å². The molecule has 0 saturated carbocycles. The Morgan fingerprint density at radius 1 is 1.09 bits per heavy atom. The van der Waals surface area contributed by atoms with E-state index in [0.717, 1.165) is 43.8 Å². The smallest absolute Gasteiger partial charge is 0.178 e. The van der Waals surface area contributed by atoms with Gasteiger partial charge in [0.1, 0.15) is 0 Å². The third-order valence-corrected chi connectivity index (χ3v) is 4.16. The molecule has 2 aliphatic rings. The molecule has 0 aromatic carbocycles. The number of aliphatic hydroxyl groups is 1. The van der Waals surface area contributed by atoms with Crippen molar-refractivity contribution in [2.24, 2.45) is 10.8 Å². The zero-order valence-electron chi connectivity index (χ0n) is 14.3. The maximum Gasteiger partial charge on any atom is 0.178 e. The lowest BCUT2D eigenvalue weighted by molar-refractivity contribution is -0.455. The minimum atomic E-state index is 0.0538. The van der Waals surface area contributed by atoms with Crippen LogP contribution in [-0.4, -0.2) is 29.7 Å². The molecule has 0 atom stereocenters. The Labute approximate surface area is 133 Å². The first kappa shape index (κ1) is 16.8. The average Bonchev–Trinajstić information content (AvgIpc) is 2.29. The van der Waals surface area contributed by atoms with Gasteiger partial charge < -0.3 is 10.4 Å². The lowest BCUT2D eigenvalue weighted by atomic mass is 9.79. The number of ketones is 1. The van der Waals surface area contributed by atoms with E-state index < -0.39 is 0 Å². The third-order valence-electron chi connectivity index (χ3n) is 4.16. The summed E-state index contributed by atoms with van der Waals surface area (Å²) in [6.07, 6.45) is 6.83. The Bertz CT molecular complexity index is 539. The summed E-state index contributed by atoms with van der Waals surface area (Å²) in [5.74, 6) is 0.664. The molecule has 0 radical (unpaired) electrons. The minimum Gasteiger partial charge on any atom is -0.512 e. The molecule has 0 aliphatic heterocycles. The first-order chi connectivity index (χ1) is 10.2. The highest BCUT2D eigenvalue weighted by Gasteiger charge is 2.29. The summed E-state index contributed by atoms with van der Waals surface area (Å²) in [6, 6.07) is 0. The van der Waals surface area contributed by atoms with Crippen LogP contribution in [0.4, 0.5) is 0 Å². The van der Waals surface area contributed by atoms with Gasteiger partial charge in [-0.15, -0.1) is 0 Å². The maximum absolute atomic E-state index is 11.7. The largest absolute Gasteiger partial charge is 0.512 e. The highest BCUT2D eigenvalue weighted by molar-refractivity contribution is 5.92. The van der Waals surface area contributed by atoms with Crippen molar-refractivity contribution in [2.75, 3.05) is 13.1 Å². The normalized spacial score (nSPS) is 25.6. The fourth-order valence-electron chi connectivity index (χ4n) is 3.39. The van der Waals surface area contributed by atoms with Crippen LogP contribution in [0.25, 0.3) is 0 Å². The standard InChI is InChI=1S/C18H28N2O2/c1-17(2)9-13(7-15(21)11-17)19-5-6-20-14-8-16(22)12-18(3,4)10-14/h7-8,19,22H,5-6,9-12H2,1-4H3/p+1. The van der Waals surface area contributed by atoms with E-state index in [-0.39, 0.29) is 16.6 Å². The SMILES string of the molecule is CC1(C)CC(=O)C=C(NCC[NH+]=C2C=C(O)CC(C)(C)C2)C1. The number of aliphatic hydroxyl groups excluding tert-OH is 1. The number of hydrogen-bond donors (Lipinski definition) is 3. The predicted octanol–water partition coefficient (Wildman–Crippen LogP) is 1.63. The fourth-order valence-corrected chi connectivity index (χ4v) is 3.39. The van der Waals surface area contributed by atoms with Crippen LogP contribution in [0.2, 0.25) is 0 Å². The summed E-state index contributed by atoms with van der Waals surface area (Å²) in [5, 5.41) is 13.2. The van der Waals surface area contributed by atoms with Gasteiger partial charge in [-0.05, 0) is 17.3 Å². The van der Waals surface area contributed by atoms with Gasteiger partial charge >= 0.3 is 0 Å². The number of hydrogen-bond acceptors (Lipinski definition) is 3. The molecular weight excluding hydrogens is 276 g/mol. The Morgan fingerprint density at radius 2 is 1.77 bits per heavy atom. The first-order valence-corrected chi connectivity index (χ1v) is 8.12. The molecule has 0 unspecified atom stereocenters. The summed E-state index contributed by atoms with van der Waals surface area (Å²) in [5.41, 5.74) is 2.29. The molecule has 0 bridgehead atoms. The van der Waals surface area contributed by atoms with Crippen molar-refractivity contribution < 1.29 is 14.9 Å². The van der Waals surface area contributed by atoms with Crippen LogP contribution in [0, 0.1) is 10.8 Å². The summed E-state index contributed by atoms with van der Waals surface area (Å²) < 4.78 is 0. The highest BCUT2D eigenvalue weighted by Crippen LogP contribution is 2.32. The van der Waals surface area contributed by atoms with Gasteiger partial charge in [-0.25, -0.2) is 4.99 Å². The van der Waals surface area contributed by atoms with Crippen LogP contribution >= 0.6 is 0 Å². The van der Waals surface area contributed by atoms with Crippen LogP contribution in [-0.2, 0) is 4.79 Å². The number of rotatable bonds is 4. The Kier molecular flexibility index (Phi) is 4.78. The molecule has 0 fully saturated rings. The minimum absolute atomic E-state index is 0.0538. The van der Waals surface area contributed by atoms with E-state index in [2.05, 4.69) is 38.0 Å². The van der Waals surface area contributed by atoms with Crippen molar-refractivity contribution >= 4 is 11.5 Å². The Balaban J connectivity index is 1.86. The quantitative estimate of drug-likeness (QED) is 0.692. The van der Waals surface area contributed by atoms with Crippen LogP contribution in [0.15, 0.2) is 23.6 Å². The van der Waals surface area contributed by atoms with Crippen molar-refractivity contribution in [3.8, 4) is 0 Å². The van der Waals surface area contributed by atoms with Gasteiger partial charge in [-0.1, -0.05) is 27.7 Å². The molecule has 0 spiro atoms. The van der Waals surface area contributed by atoms with Gasteiger partial charge in [-0.3, -0.25) is 4.79 Å². The van der Waals surface area contributed by atoms with E-state index in [1.54, 1.807) is 6.08 Å². The van der Waals surface area contributed by atoms with E-state index in [1.807, 2.05) is 6.08 Å². The number of carbonyl (C=O) groups excluding carboxylic acids is 1. The molecule has 22 heavy (non-hydrogen) atoms. The van der Waals surface area contributed by atoms with E-state index in [1.165, 1.54) is 0 Å². The predicted molar refractivity (Wildman–Crippen MR) is 88.7 cm³/mol. The summed E-state index contributed by atoms with van der Waals surface area (Å²) in [6.45, 7) is 10.1. The van der Waals surface area contributed by atoms with Gasteiger partial charge in [0, 0.05) is 37.1 Å². The van der Waals surface area contributed by atoms with Crippen molar-refractivity contribution in [1.29, 1.82) is 0 Å². The zero-order chi connectivity index (χ0) is 16.4. The van der Waals surface area contributed by atoms with Crippen molar-refractivity contribution in [3.05, 3.63) is 23.6 Å². The molecule has 0 aromatic rings. The molecule has 4 heteroatoms. The number of carbonyl (C=O) groups is 1. The van der Waals surface area contributed by atoms with Crippen LogP contribution < -0.4 is 10.3 Å². The van der Waals surface area contributed by atoms with Crippen LogP contribution in [0.1, 0.15) is 53.4 Å². The van der Waals surface area contributed by atoms with Gasteiger partial charge in [0.15, 0.2) is 18.0 Å². The summed E-state index contributed by atoms with van der Waals surface area (Å²) in [4.78, 5) is 15.1. The molecule has 2 aliphatic carbocycles. The van der Waals surface area contributed by atoms with Gasteiger partial charge in [0.25, 0.3) is 0 Å². The topological polar surface area (TPSA) is 63.3 Å². The first-order valence-electron chi connectivity index (χ1n) is 8.12. The van der Waals surface area contributed by atoms with E-state index in [0.29, 0.717) is 12.2 Å². The van der Waals surface area contributed by atoms with Gasteiger partial charge in [0.2, 0.25) is 0 Å². The second kappa shape index (κ2) is 6.27. The molecule has 2 rings (SSSR count). The molecule has 0 amide bonds. The second-order valence-electron chi connectivity index (χ2n) is 8.19. The lowest BCUT2D eigenvalue weighted by Gasteiger charge is -2.29. The zero-order valence-corrected chi connectivity index (χ0v) is 14.3. The molecular formula is C18H29N2O2+. The fraction of sp³-hybridized carbons (Fsp3) is 0.667. The van der Waals surface area contributed by atoms with Crippen molar-refractivity contribution in [2.45, 2.75) is 53.4 Å². The number of nitrogens with one attached hydrogen (secondary N) is 2. The molecule has 0 aromatic heterocycles. The van der Waals surface area contributed by atoms with E-state index in [4.69, 9.17) is 0 Å². The Hall–Kier alpha value is -1.58. The molecule has 122 valence electrons. The monoisotopic (exact) mass is 305 g/mol. The van der Waals surface area contributed by atoms with Gasteiger partial charge in [-0.2, -0.15) is 0 Å². The second-order valence-corrected chi connectivity index (χ2v) is 8.19. The average molecular weight is 305 g/mol. The number of allylic oxidation sites excluding steroid dienone is 4. The summed E-state index contributed by atoms with van der Waals surface area (Å²) >= 11 is 0. The summed E-state index contributed by atoms with van der Waals surface area (Å²) in [7, 11) is 0. The molecule has 0 heterocycles. The van der Waals surface area contributed by atoms with Crippen molar-refractivity contribution in [1.82, 2.24) is 5.32 Å².